The van der Waals surface area contributed by atoms with Crippen LogP contribution in [0.15, 0.2) is 18.3 Å². The average Bonchev–Trinajstić information content (AvgIpc) is 2.92. The van der Waals surface area contributed by atoms with Crippen LogP contribution in [0.4, 0.5) is 0 Å². The highest BCUT2D eigenvalue weighted by molar-refractivity contribution is 5.89. The minimum atomic E-state index is 0.382. The minimum absolute atomic E-state index is 0.382. The molecule has 0 radical (unpaired) electrons. The highest BCUT2D eigenvalue weighted by Gasteiger charge is 2.28. The van der Waals surface area contributed by atoms with E-state index in [1.54, 1.807) is 7.11 Å². The molecule has 21 heavy (non-hydrogen) atoms. The van der Waals surface area contributed by atoms with Crippen molar-refractivity contribution >= 4 is 10.9 Å². The van der Waals surface area contributed by atoms with Crippen LogP contribution < -0.4 is 4.74 Å². The molecule has 2 aromatic rings. The first-order chi connectivity index (χ1) is 10.3. The van der Waals surface area contributed by atoms with Crippen LogP contribution in [0.3, 0.4) is 0 Å². The molecule has 1 aromatic heterocycles. The van der Waals surface area contributed by atoms with Crippen molar-refractivity contribution in [2.75, 3.05) is 20.2 Å². The molecule has 4 nitrogen and oxygen atoms in total. The third-order valence-electron chi connectivity index (χ3n) is 4.41. The van der Waals surface area contributed by atoms with Gasteiger partial charge in [0.15, 0.2) is 0 Å². The predicted molar refractivity (Wildman–Crippen MR) is 83.5 cm³/mol. The molecule has 4 heteroatoms. The summed E-state index contributed by atoms with van der Waals surface area (Å²) in [5, 5.41) is 10.4. The fraction of sp³-hybridized carbons (Fsp3) is 0.471. The lowest BCUT2D eigenvalue weighted by atomic mass is 9.87. The smallest absolute Gasteiger partial charge is 0.122 e. The number of aromatic nitrogens is 1. The Morgan fingerprint density at radius 1 is 1.43 bits per heavy atom. The molecule has 1 N–H and O–H groups in total. The number of rotatable bonds is 5. The van der Waals surface area contributed by atoms with Gasteiger partial charge in [0.05, 0.1) is 19.7 Å². The summed E-state index contributed by atoms with van der Waals surface area (Å²) in [5.41, 5.74) is 3.80. The maximum atomic E-state index is 9.08. The molecule has 0 spiro atoms. The Hall–Kier alpha value is -1.99. The Balaban J connectivity index is 1.99. The van der Waals surface area contributed by atoms with Crippen molar-refractivity contribution in [2.45, 2.75) is 32.2 Å². The summed E-state index contributed by atoms with van der Waals surface area (Å²) in [5.74, 6) is 0.960. The van der Waals surface area contributed by atoms with Crippen molar-refractivity contribution in [1.29, 1.82) is 5.26 Å². The van der Waals surface area contributed by atoms with Crippen LogP contribution in [0.25, 0.3) is 10.9 Å². The summed E-state index contributed by atoms with van der Waals surface area (Å²) in [4.78, 5) is 5.66. The highest BCUT2D eigenvalue weighted by Crippen LogP contribution is 2.36. The number of hydrogen-bond acceptors (Lipinski definition) is 3. The van der Waals surface area contributed by atoms with Crippen LogP contribution in [0.5, 0.6) is 5.75 Å². The van der Waals surface area contributed by atoms with Crippen LogP contribution in [-0.2, 0) is 12.8 Å². The zero-order chi connectivity index (χ0) is 14.8. The number of ether oxygens (including phenoxy) is 1. The van der Waals surface area contributed by atoms with E-state index in [1.807, 2.05) is 6.07 Å². The molecule has 0 saturated heterocycles. The van der Waals surface area contributed by atoms with Crippen LogP contribution in [0.1, 0.15) is 24.5 Å². The van der Waals surface area contributed by atoms with Crippen LogP contribution in [-0.4, -0.2) is 36.1 Å². The maximum absolute atomic E-state index is 9.08. The normalized spacial score (nSPS) is 17.1. The lowest BCUT2D eigenvalue weighted by Gasteiger charge is -2.33. The quantitative estimate of drug-likeness (QED) is 0.858. The third-order valence-corrected chi connectivity index (χ3v) is 4.41. The molecule has 1 unspecified atom stereocenters. The van der Waals surface area contributed by atoms with Crippen LogP contribution >= 0.6 is 0 Å². The monoisotopic (exact) mass is 283 g/mol. The number of benzene rings is 1. The number of methoxy groups -OCH3 is 1. The Bertz CT molecular complexity index is 683. The van der Waals surface area contributed by atoms with E-state index in [-0.39, 0.29) is 0 Å². The summed E-state index contributed by atoms with van der Waals surface area (Å²) in [6.07, 6.45) is 5.13. The first kappa shape index (κ1) is 14.0. The molecule has 0 fully saturated rings. The molecule has 1 aromatic carbocycles. The summed E-state index contributed by atoms with van der Waals surface area (Å²) in [6.45, 7) is 3.63. The lowest BCUT2D eigenvalue weighted by molar-refractivity contribution is 0.213. The van der Waals surface area contributed by atoms with E-state index in [1.165, 1.54) is 22.0 Å². The largest absolute Gasteiger partial charge is 0.496 e. The van der Waals surface area contributed by atoms with Gasteiger partial charge in [0.1, 0.15) is 5.75 Å². The summed E-state index contributed by atoms with van der Waals surface area (Å²) in [7, 11) is 1.73. The molecule has 1 aliphatic carbocycles. The predicted octanol–water partition coefficient (Wildman–Crippen LogP) is 2.88. The van der Waals surface area contributed by atoms with Gasteiger partial charge >= 0.3 is 0 Å². The molecular formula is C17H21N3O. The number of nitrogens with zero attached hydrogens (tertiary/aromatic N) is 2. The van der Waals surface area contributed by atoms with Crippen molar-refractivity contribution in [3.63, 3.8) is 0 Å². The SMILES string of the molecule is CCCN(CC#N)C1Cc2c[nH]c3ccc(OC)c(c23)C1. The summed E-state index contributed by atoms with van der Waals surface area (Å²) < 4.78 is 5.55. The Morgan fingerprint density at radius 3 is 3.00 bits per heavy atom. The van der Waals surface area contributed by atoms with Gasteiger partial charge in [-0.15, -0.1) is 0 Å². The first-order valence-corrected chi connectivity index (χ1v) is 7.55. The number of H-pyrrole nitrogens is 1. The van der Waals surface area contributed by atoms with E-state index in [0.717, 1.165) is 31.6 Å². The molecule has 110 valence electrons. The highest BCUT2D eigenvalue weighted by atomic mass is 16.5. The van der Waals surface area contributed by atoms with Gasteiger partial charge in [-0.05, 0) is 43.5 Å². The van der Waals surface area contributed by atoms with E-state index in [4.69, 9.17) is 10.00 Å². The van der Waals surface area contributed by atoms with Crippen LogP contribution in [0.2, 0.25) is 0 Å². The minimum Gasteiger partial charge on any atom is -0.496 e. The van der Waals surface area contributed by atoms with Gasteiger partial charge < -0.3 is 9.72 Å². The van der Waals surface area contributed by atoms with Crippen molar-refractivity contribution in [1.82, 2.24) is 9.88 Å². The van der Waals surface area contributed by atoms with Gasteiger partial charge in [-0.3, -0.25) is 4.90 Å². The van der Waals surface area contributed by atoms with E-state index in [0.29, 0.717) is 12.6 Å². The van der Waals surface area contributed by atoms with Gasteiger partial charge in [-0.2, -0.15) is 5.26 Å². The Kier molecular flexibility index (Phi) is 3.85. The number of hydrogen-bond donors (Lipinski definition) is 1. The molecule has 1 heterocycles. The number of aromatic amines is 1. The molecule has 0 bridgehead atoms. The fourth-order valence-corrected chi connectivity index (χ4v) is 3.50. The molecule has 1 aliphatic rings. The second-order valence-electron chi connectivity index (χ2n) is 5.67. The van der Waals surface area contributed by atoms with Gasteiger partial charge in [0, 0.05) is 28.7 Å². The number of nitrogens with one attached hydrogen (secondary N) is 1. The van der Waals surface area contributed by atoms with E-state index >= 15 is 0 Å². The topological polar surface area (TPSA) is 52.0 Å². The molecule has 1 atom stereocenters. The summed E-state index contributed by atoms with van der Waals surface area (Å²) in [6, 6.07) is 6.81. The Morgan fingerprint density at radius 2 is 2.29 bits per heavy atom. The van der Waals surface area contributed by atoms with Crippen molar-refractivity contribution < 1.29 is 4.74 Å². The van der Waals surface area contributed by atoms with Gasteiger partial charge in [-0.25, -0.2) is 0 Å². The van der Waals surface area contributed by atoms with Gasteiger partial charge in [-0.1, -0.05) is 6.92 Å². The molecule has 0 amide bonds. The maximum Gasteiger partial charge on any atom is 0.122 e. The number of nitriles is 1. The summed E-state index contributed by atoms with van der Waals surface area (Å²) >= 11 is 0. The van der Waals surface area contributed by atoms with E-state index < -0.39 is 0 Å². The van der Waals surface area contributed by atoms with Crippen molar-refractivity contribution in [2.24, 2.45) is 0 Å². The molecule has 0 aliphatic heterocycles. The molecule has 3 rings (SSSR count). The standard InChI is InChI=1S/C17H21N3O/c1-3-7-20(8-6-18)13-9-12-11-19-15-4-5-16(21-2)14(10-13)17(12)15/h4-5,11,13,19H,3,7-10H2,1-2H3. The first-order valence-electron chi connectivity index (χ1n) is 7.55. The Labute approximate surface area is 125 Å². The zero-order valence-electron chi connectivity index (χ0n) is 12.6. The second-order valence-corrected chi connectivity index (χ2v) is 5.67. The van der Waals surface area contributed by atoms with Gasteiger partial charge in [0.25, 0.3) is 0 Å². The van der Waals surface area contributed by atoms with Crippen molar-refractivity contribution in [3.8, 4) is 11.8 Å². The lowest BCUT2D eigenvalue weighted by Crippen LogP contribution is -2.40. The molecular weight excluding hydrogens is 262 g/mol. The van der Waals surface area contributed by atoms with E-state index in [9.17, 15) is 0 Å². The fourth-order valence-electron chi connectivity index (χ4n) is 3.50. The zero-order valence-corrected chi connectivity index (χ0v) is 12.6. The average molecular weight is 283 g/mol. The van der Waals surface area contributed by atoms with E-state index in [2.05, 4.69) is 35.1 Å². The third kappa shape index (κ3) is 2.38. The van der Waals surface area contributed by atoms with Crippen LogP contribution in [0, 0.1) is 11.3 Å². The molecule has 0 saturated carbocycles. The van der Waals surface area contributed by atoms with Gasteiger partial charge in [0.2, 0.25) is 0 Å². The second kappa shape index (κ2) is 5.79. The van der Waals surface area contributed by atoms with Crippen molar-refractivity contribution in [3.05, 3.63) is 29.5 Å².